The molecule has 0 bridgehead atoms. The number of carbonyl (C=O) groups excluding carboxylic acids is 1. The van der Waals surface area contributed by atoms with E-state index in [2.05, 4.69) is 9.99 Å². The van der Waals surface area contributed by atoms with Gasteiger partial charge in [0.15, 0.2) is 5.71 Å². The number of ether oxygens (including phenoxy) is 1. The van der Waals surface area contributed by atoms with Crippen LogP contribution < -0.4 is 0 Å². The largest absolute Gasteiger partial charge is 0.461 e. The second kappa shape index (κ2) is 5.70. The molecule has 0 radical (unpaired) electrons. The van der Waals surface area contributed by atoms with Gasteiger partial charge in [-0.2, -0.15) is 0 Å². The molecule has 0 aromatic rings. The predicted octanol–water partition coefficient (Wildman–Crippen LogP) is 0.962. The van der Waals surface area contributed by atoms with Crippen molar-refractivity contribution in [1.82, 2.24) is 0 Å². The van der Waals surface area contributed by atoms with Crippen LogP contribution in [0, 0.1) is 0 Å². The third-order valence-electron chi connectivity index (χ3n) is 1.05. The van der Waals surface area contributed by atoms with Crippen LogP contribution in [0.2, 0.25) is 0 Å². The highest BCUT2D eigenvalue weighted by Gasteiger charge is 2.09. The maximum atomic E-state index is 10.9. The minimum Gasteiger partial charge on any atom is -0.461 e. The van der Waals surface area contributed by atoms with Crippen LogP contribution in [0.4, 0.5) is 0 Å². The van der Waals surface area contributed by atoms with Gasteiger partial charge in [0.25, 0.3) is 0 Å². The molecule has 0 heterocycles. The second-order valence-corrected chi connectivity index (χ2v) is 1.79. The molecular weight excluding hydrogens is 146 g/mol. The van der Waals surface area contributed by atoms with E-state index < -0.39 is 5.97 Å². The predicted molar refractivity (Wildman–Crippen MR) is 41.4 cm³/mol. The van der Waals surface area contributed by atoms with Crippen molar-refractivity contribution in [2.75, 3.05) is 13.7 Å². The van der Waals surface area contributed by atoms with Crippen LogP contribution in [0.3, 0.4) is 0 Å². The lowest BCUT2D eigenvalue weighted by Gasteiger charge is -2.00. The Balaban J connectivity index is 4.03. The molecule has 0 rings (SSSR count). The van der Waals surface area contributed by atoms with E-state index in [4.69, 9.17) is 4.74 Å². The summed E-state index contributed by atoms with van der Waals surface area (Å²) in [6, 6.07) is 0. The summed E-state index contributed by atoms with van der Waals surface area (Å²) in [5, 5.41) is 3.50. The van der Waals surface area contributed by atoms with Gasteiger partial charge >= 0.3 is 5.97 Å². The number of nitrogens with zero attached hydrogens (tertiary/aromatic N) is 1. The van der Waals surface area contributed by atoms with Crippen molar-refractivity contribution < 1.29 is 14.4 Å². The summed E-state index contributed by atoms with van der Waals surface area (Å²) < 4.78 is 4.70. The van der Waals surface area contributed by atoms with Crippen molar-refractivity contribution in [3.8, 4) is 0 Å². The van der Waals surface area contributed by atoms with Gasteiger partial charge < -0.3 is 9.57 Å². The smallest absolute Gasteiger partial charge is 0.356 e. The molecule has 0 aromatic carbocycles. The van der Waals surface area contributed by atoms with Crippen molar-refractivity contribution in [2.45, 2.75) is 20.3 Å². The van der Waals surface area contributed by atoms with E-state index in [9.17, 15) is 4.79 Å². The summed E-state index contributed by atoms with van der Waals surface area (Å²) in [6.45, 7) is 3.92. The normalized spacial score (nSPS) is 11.0. The van der Waals surface area contributed by atoms with Crippen LogP contribution in [0.5, 0.6) is 0 Å². The minimum absolute atomic E-state index is 0.314. The Bertz CT molecular complexity index is 154. The molecule has 0 saturated heterocycles. The summed E-state index contributed by atoms with van der Waals surface area (Å²) >= 11 is 0. The zero-order chi connectivity index (χ0) is 8.69. The molecule has 11 heavy (non-hydrogen) atoms. The quantitative estimate of drug-likeness (QED) is 0.349. The molecule has 0 amide bonds. The fourth-order valence-electron chi connectivity index (χ4n) is 0.571. The molecule has 0 aliphatic heterocycles. The number of carbonyl (C=O) groups is 1. The summed E-state index contributed by atoms with van der Waals surface area (Å²) in [5.74, 6) is -0.406. The Hall–Kier alpha value is -1.06. The first-order valence-electron chi connectivity index (χ1n) is 3.53. The molecule has 0 spiro atoms. The molecule has 4 nitrogen and oxygen atoms in total. The lowest BCUT2D eigenvalue weighted by atomic mass is 10.3. The first-order chi connectivity index (χ1) is 5.26. The van der Waals surface area contributed by atoms with Gasteiger partial charge in [-0.15, -0.1) is 0 Å². The Kier molecular flexibility index (Phi) is 5.15. The zero-order valence-electron chi connectivity index (χ0n) is 7.09. The maximum Gasteiger partial charge on any atom is 0.356 e. The SMILES string of the molecule is CCOC(=O)C(CC)=NOC. The molecule has 0 aromatic heterocycles. The van der Waals surface area contributed by atoms with E-state index in [0.29, 0.717) is 18.7 Å². The Morgan fingerprint density at radius 1 is 1.45 bits per heavy atom. The molecule has 0 aliphatic carbocycles. The monoisotopic (exact) mass is 159 g/mol. The third-order valence-corrected chi connectivity index (χ3v) is 1.05. The second-order valence-electron chi connectivity index (χ2n) is 1.79. The number of rotatable bonds is 4. The lowest BCUT2D eigenvalue weighted by molar-refractivity contribution is -0.135. The van der Waals surface area contributed by atoms with Crippen molar-refractivity contribution in [2.24, 2.45) is 5.16 Å². The average molecular weight is 159 g/mol. The van der Waals surface area contributed by atoms with Crippen LogP contribution in [0.1, 0.15) is 20.3 Å². The Morgan fingerprint density at radius 3 is 2.45 bits per heavy atom. The van der Waals surface area contributed by atoms with Crippen LogP contribution in [-0.2, 0) is 14.4 Å². The lowest BCUT2D eigenvalue weighted by Crippen LogP contribution is -2.16. The molecule has 0 unspecified atom stereocenters. The molecule has 0 N–H and O–H groups in total. The van der Waals surface area contributed by atoms with Crippen LogP contribution in [-0.4, -0.2) is 25.4 Å². The highest BCUT2D eigenvalue weighted by atomic mass is 16.6. The van der Waals surface area contributed by atoms with Crippen molar-refractivity contribution >= 4 is 11.7 Å². The molecule has 0 atom stereocenters. The standard InChI is InChI=1S/C7H13NO3/c1-4-6(8-10-3)7(9)11-5-2/h4-5H2,1-3H3. The van der Waals surface area contributed by atoms with Gasteiger partial charge in [-0.1, -0.05) is 12.1 Å². The van der Waals surface area contributed by atoms with Gasteiger partial charge in [0, 0.05) is 0 Å². The van der Waals surface area contributed by atoms with Crippen molar-refractivity contribution in [3.63, 3.8) is 0 Å². The molecule has 0 aliphatic rings. The summed E-state index contributed by atoms with van der Waals surface area (Å²) in [7, 11) is 1.40. The fraction of sp³-hybridized carbons (Fsp3) is 0.714. The first-order valence-corrected chi connectivity index (χ1v) is 3.53. The van der Waals surface area contributed by atoms with Gasteiger partial charge in [-0.25, -0.2) is 4.79 Å². The van der Waals surface area contributed by atoms with Crippen molar-refractivity contribution in [1.29, 1.82) is 0 Å². The number of hydrogen-bond acceptors (Lipinski definition) is 4. The molecule has 64 valence electrons. The van der Waals surface area contributed by atoms with E-state index >= 15 is 0 Å². The van der Waals surface area contributed by atoms with Crippen molar-refractivity contribution in [3.05, 3.63) is 0 Å². The van der Waals surface area contributed by atoms with E-state index in [1.807, 2.05) is 6.92 Å². The summed E-state index contributed by atoms with van der Waals surface area (Å²) in [4.78, 5) is 15.4. The zero-order valence-corrected chi connectivity index (χ0v) is 7.09. The van der Waals surface area contributed by atoms with Crippen LogP contribution >= 0.6 is 0 Å². The third kappa shape index (κ3) is 3.60. The van der Waals surface area contributed by atoms with E-state index in [1.54, 1.807) is 6.92 Å². The summed E-state index contributed by atoms with van der Waals surface area (Å²) in [5.41, 5.74) is 0.314. The van der Waals surface area contributed by atoms with E-state index in [0.717, 1.165) is 0 Å². The number of esters is 1. The molecule has 4 heteroatoms. The first kappa shape index (κ1) is 9.94. The number of oxime groups is 1. The minimum atomic E-state index is -0.406. The van der Waals surface area contributed by atoms with Gasteiger partial charge in [-0.3, -0.25) is 0 Å². The van der Waals surface area contributed by atoms with Gasteiger partial charge in [0.1, 0.15) is 7.11 Å². The number of hydrogen-bond donors (Lipinski definition) is 0. The average Bonchev–Trinajstić information content (AvgIpc) is 2.00. The van der Waals surface area contributed by atoms with Gasteiger partial charge in [-0.05, 0) is 13.3 Å². The van der Waals surface area contributed by atoms with Crippen LogP contribution in [0.25, 0.3) is 0 Å². The Labute approximate surface area is 66.2 Å². The molecule has 0 fully saturated rings. The topological polar surface area (TPSA) is 47.9 Å². The Morgan fingerprint density at radius 2 is 2.09 bits per heavy atom. The van der Waals surface area contributed by atoms with Crippen LogP contribution in [0.15, 0.2) is 5.16 Å². The highest BCUT2D eigenvalue weighted by molar-refractivity contribution is 6.36. The maximum absolute atomic E-state index is 10.9. The molecule has 0 saturated carbocycles. The summed E-state index contributed by atoms with van der Waals surface area (Å²) in [6.07, 6.45) is 0.521. The highest BCUT2D eigenvalue weighted by Crippen LogP contribution is 1.90. The van der Waals surface area contributed by atoms with E-state index in [-0.39, 0.29) is 0 Å². The van der Waals surface area contributed by atoms with E-state index in [1.165, 1.54) is 7.11 Å². The molecular formula is C7H13NO3. The fourth-order valence-corrected chi connectivity index (χ4v) is 0.571. The van der Waals surface area contributed by atoms with Gasteiger partial charge in [0.05, 0.1) is 6.61 Å². The van der Waals surface area contributed by atoms with Gasteiger partial charge in [0.2, 0.25) is 0 Å².